The molecule has 0 radical (unpaired) electrons. The number of rotatable bonds is 8. The monoisotopic (exact) mass is 343 g/mol. The number of carbonyl (C=O) groups excluding carboxylic acids is 2. The lowest BCUT2D eigenvalue weighted by Crippen LogP contribution is -2.21. The quantitative estimate of drug-likeness (QED) is 0.569. The van der Waals surface area contributed by atoms with Crippen molar-refractivity contribution >= 4 is 23.2 Å². The van der Waals surface area contributed by atoms with Crippen LogP contribution in [0.1, 0.15) is 32.4 Å². The van der Waals surface area contributed by atoms with Gasteiger partial charge in [-0.15, -0.1) is 0 Å². The van der Waals surface area contributed by atoms with E-state index in [0.717, 1.165) is 5.75 Å². The number of furan rings is 1. The van der Waals surface area contributed by atoms with Crippen molar-refractivity contribution in [1.29, 1.82) is 0 Å². The van der Waals surface area contributed by atoms with Crippen molar-refractivity contribution in [2.45, 2.75) is 26.7 Å². The second-order valence-electron chi connectivity index (χ2n) is 5.22. The van der Waals surface area contributed by atoms with Crippen LogP contribution in [0.2, 0.25) is 0 Å². The standard InChI is InChI=1S/C18H21N3O4/c1-3-24-15-8-6-14(7-9-15)19-17(22)10-11-18(23)21-20-13(2)16-5-4-12-25-16/h4-9,12H,3,10-11H2,1-2H3,(H,19,22)(H,21,23)/b20-13+. The molecule has 1 aromatic heterocycles. The van der Waals surface area contributed by atoms with Crippen LogP contribution in [0, 0.1) is 0 Å². The number of benzene rings is 1. The van der Waals surface area contributed by atoms with Crippen LogP contribution in [-0.2, 0) is 9.59 Å². The summed E-state index contributed by atoms with van der Waals surface area (Å²) in [6.45, 7) is 4.21. The maximum Gasteiger partial charge on any atom is 0.240 e. The Hall–Kier alpha value is -3.09. The fraction of sp³-hybridized carbons (Fsp3) is 0.278. The van der Waals surface area contributed by atoms with Crippen molar-refractivity contribution in [1.82, 2.24) is 5.43 Å². The Kier molecular flexibility index (Phi) is 6.76. The molecule has 7 heteroatoms. The molecule has 0 aliphatic heterocycles. The van der Waals surface area contributed by atoms with Crippen LogP contribution in [0.4, 0.5) is 5.69 Å². The lowest BCUT2D eigenvalue weighted by Gasteiger charge is -2.07. The Morgan fingerprint density at radius 2 is 1.84 bits per heavy atom. The van der Waals surface area contributed by atoms with E-state index in [9.17, 15) is 9.59 Å². The number of hydrazone groups is 1. The van der Waals surface area contributed by atoms with Crippen LogP contribution >= 0.6 is 0 Å². The van der Waals surface area contributed by atoms with Crippen molar-refractivity contribution in [2.24, 2.45) is 5.10 Å². The molecular weight excluding hydrogens is 322 g/mol. The van der Waals surface area contributed by atoms with Gasteiger partial charge in [0, 0.05) is 18.5 Å². The topological polar surface area (TPSA) is 92.9 Å². The van der Waals surface area contributed by atoms with E-state index in [1.54, 1.807) is 43.3 Å². The summed E-state index contributed by atoms with van der Waals surface area (Å²) in [5.41, 5.74) is 3.61. The zero-order valence-corrected chi connectivity index (χ0v) is 14.2. The number of hydrogen-bond acceptors (Lipinski definition) is 5. The molecule has 0 saturated heterocycles. The molecule has 2 N–H and O–H groups in total. The molecule has 2 aromatic rings. The van der Waals surface area contributed by atoms with Crippen molar-refractivity contribution in [3.05, 3.63) is 48.4 Å². The van der Waals surface area contributed by atoms with Gasteiger partial charge in [-0.25, -0.2) is 5.43 Å². The first-order chi connectivity index (χ1) is 12.1. The summed E-state index contributed by atoms with van der Waals surface area (Å²) in [4.78, 5) is 23.6. The highest BCUT2D eigenvalue weighted by molar-refractivity contribution is 5.97. The van der Waals surface area contributed by atoms with E-state index < -0.39 is 0 Å². The molecule has 132 valence electrons. The summed E-state index contributed by atoms with van der Waals surface area (Å²) in [7, 11) is 0. The van der Waals surface area contributed by atoms with Crippen LogP contribution in [-0.4, -0.2) is 24.1 Å². The van der Waals surface area contributed by atoms with E-state index in [1.165, 1.54) is 6.26 Å². The number of amides is 2. The lowest BCUT2D eigenvalue weighted by atomic mass is 10.2. The van der Waals surface area contributed by atoms with E-state index in [-0.39, 0.29) is 24.7 Å². The fourth-order valence-corrected chi connectivity index (χ4v) is 1.99. The highest BCUT2D eigenvalue weighted by atomic mass is 16.5. The van der Waals surface area contributed by atoms with Gasteiger partial charge in [-0.3, -0.25) is 9.59 Å². The smallest absolute Gasteiger partial charge is 0.240 e. The van der Waals surface area contributed by atoms with Crippen molar-refractivity contribution in [2.75, 3.05) is 11.9 Å². The van der Waals surface area contributed by atoms with Gasteiger partial charge >= 0.3 is 0 Å². The number of nitrogens with one attached hydrogen (secondary N) is 2. The molecule has 1 heterocycles. The van der Waals surface area contributed by atoms with Crippen LogP contribution in [0.25, 0.3) is 0 Å². The van der Waals surface area contributed by atoms with Gasteiger partial charge in [0.15, 0.2) is 0 Å². The minimum Gasteiger partial charge on any atom is -0.494 e. The van der Waals surface area contributed by atoms with E-state index >= 15 is 0 Å². The molecule has 25 heavy (non-hydrogen) atoms. The zero-order chi connectivity index (χ0) is 18.1. The molecular formula is C18H21N3O4. The average molecular weight is 343 g/mol. The minimum atomic E-state index is -0.340. The summed E-state index contributed by atoms with van der Waals surface area (Å²) in [6, 6.07) is 10.5. The Labute approximate surface area is 146 Å². The summed E-state index contributed by atoms with van der Waals surface area (Å²) in [6.07, 6.45) is 1.63. The Balaban J connectivity index is 1.73. The van der Waals surface area contributed by atoms with Crippen LogP contribution in [0.3, 0.4) is 0 Å². The maximum absolute atomic E-state index is 11.9. The second kappa shape index (κ2) is 9.27. The highest BCUT2D eigenvalue weighted by Crippen LogP contribution is 2.15. The molecule has 0 aliphatic rings. The molecule has 0 unspecified atom stereocenters. The Bertz CT molecular complexity index is 721. The van der Waals surface area contributed by atoms with Crippen LogP contribution in [0.5, 0.6) is 5.75 Å². The first-order valence-corrected chi connectivity index (χ1v) is 7.98. The van der Waals surface area contributed by atoms with E-state index in [1.807, 2.05) is 6.92 Å². The Morgan fingerprint density at radius 1 is 1.12 bits per heavy atom. The number of nitrogens with zero attached hydrogens (tertiary/aromatic N) is 1. The summed E-state index contributed by atoms with van der Waals surface area (Å²) in [5, 5.41) is 6.66. The van der Waals surface area contributed by atoms with Gasteiger partial charge in [-0.1, -0.05) is 0 Å². The zero-order valence-electron chi connectivity index (χ0n) is 14.2. The minimum absolute atomic E-state index is 0.0395. The molecule has 0 aliphatic carbocycles. The van der Waals surface area contributed by atoms with E-state index in [0.29, 0.717) is 23.8 Å². The molecule has 0 fully saturated rings. The molecule has 0 atom stereocenters. The van der Waals surface area contributed by atoms with Gasteiger partial charge in [0.25, 0.3) is 0 Å². The van der Waals surface area contributed by atoms with E-state index in [4.69, 9.17) is 9.15 Å². The largest absolute Gasteiger partial charge is 0.494 e. The molecule has 2 rings (SSSR count). The predicted molar refractivity (Wildman–Crippen MR) is 94.5 cm³/mol. The Morgan fingerprint density at radius 3 is 2.48 bits per heavy atom. The number of ether oxygens (including phenoxy) is 1. The third-order valence-electron chi connectivity index (χ3n) is 3.25. The van der Waals surface area contributed by atoms with Gasteiger partial charge in [0.2, 0.25) is 11.8 Å². The second-order valence-corrected chi connectivity index (χ2v) is 5.22. The molecule has 0 bridgehead atoms. The summed E-state index contributed by atoms with van der Waals surface area (Å²) in [5.74, 6) is 0.733. The first kappa shape index (κ1) is 18.3. The fourth-order valence-electron chi connectivity index (χ4n) is 1.99. The van der Waals surface area contributed by atoms with Gasteiger partial charge < -0.3 is 14.5 Å². The van der Waals surface area contributed by atoms with Crippen LogP contribution in [0.15, 0.2) is 52.2 Å². The lowest BCUT2D eigenvalue weighted by molar-refractivity contribution is -0.124. The van der Waals surface area contributed by atoms with Gasteiger partial charge in [0.05, 0.1) is 12.9 Å². The number of hydrogen-bond donors (Lipinski definition) is 2. The third-order valence-corrected chi connectivity index (χ3v) is 3.25. The molecule has 0 spiro atoms. The van der Waals surface area contributed by atoms with Crippen molar-refractivity contribution in [3.63, 3.8) is 0 Å². The maximum atomic E-state index is 11.9. The van der Waals surface area contributed by atoms with Gasteiger partial charge in [-0.05, 0) is 50.2 Å². The summed E-state index contributed by atoms with van der Waals surface area (Å²) >= 11 is 0. The van der Waals surface area contributed by atoms with Gasteiger partial charge in [-0.2, -0.15) is 5.10 Å². The number of carbonyl (C=O) groups is 2. The van der Waals surface area contributed by atoms with Crippen LogP contribution < -0.4 is 15.5 Å². The van der Waals surface area contributed by atoms with Gasteiger partial charge in [0.1, 0.15) is 17.2 Å². The van der Waals surface area contributed by atoms with Crippen molar-refractivity contribution < 1.29 is 18.7 Å². The van der Waals surface area contributed by atoms with E-state index in [2.05, 4.69) is 15.8 Å². The number of anilines is 1. The molecule has 1 aromatic carbocycles. The average Bonchev–Trinajstić information content (AvgIpc) is 3.14. The predicted octanol–water partition coefficient (Wildman–Crippen LogP) is 2.94. The highest BCUT2D eigenvalue weighted by Gasteiger charge is 2.08. The normalized spacial score (nSPS) is 11.0. The molecule has 0 saturated carbocycles. The molecule has 2 amide bonds. The summed E-state index contributed by atoms with van der Waals surface area (Å²) < 4.78 is 10.5. The SMILES string of the molecule is CCOc1ccc(NC(=O)CCC(=O)N/N=C(\C)c2ccco2)cc1. The first-order valence-electron chi connectivity index (χ1n) is 7.98. The third kappa shape index (κ3) is 6.14. The van der Waals surface area contributed by atoms with Crippen molar-refractivity contribution in [3.8, 4) is 5.75 Å². The molecule has 7 nitrogen and oxygen atoms in total.